The van der Waals surface area contributed by atoms with Crippen molar-refractivity contribution in [2.24, 2.45) is 5.73 Å². The SMILES string of the molecule is COc1ccc2ccccc2c1CC1(N)CC1. The van der Waals surface area contributed by atoms with Crippen molar-refractivity contribution in [2.75, 3.05) is 7.11 Å². The Morgan fingerprint density at radius 1 is 1.18 bits per heavy atom. The normalized spacial score (nSPS) is 17.1. The average Bonchev–Trinajstić information content (AvgIpc) is 3.08. The fourth-order valence-electron chi connectivity index (χ4n) is 2.38. The molecule has 0 atom stereocenters. The molecule has 0 aliphatic heterocycles. The van der Waals surface area contributed by atoms with Gasteiger partial charge in [-0.15, -0.1) is 0 Å². The Labute approximate surface area is 101 Å². The molecular weight excluding hydrogens is 210 g/mol. The van der Waals surface area contributed by atoms with Crippen LogP contribution in [-0.4, -0.2) is 12.6 Å². The first kappa shape index (κ1) is 10.6. The molecule has 1 aliphatic rings. The van der Waals surface area contributed by atoms with Gasteiger partial charge in [0, 0.05) is 11.1 Å². The van der Waals surface area contributed by atoms with Crippen molar-refractivity contribution in [1.82, 2.24) is 0 Å². The summed E-state index contributed by atoms with van der Waals surface area (Å²) in [5.41, 5.74) is 7.50. The zero-order valence-corrected chi connectivity index (χ0v) is 10.1. The maximum absolute atomic E-state index is 6.24. The lowest BCUT2D eigenvalue weighted by Gasteiger charge is -2.15. The predicted molar refractivity (Wildman–Crippen MR) is 70.4 cm³/mol. The van der Waals surface area contributed by atoms with E-state index >= 15 is 0 Å². The van der Waals surface area contributed by atoms with E-state index in [1.165, 1.54) is 16.3 Å². The van der Waals surface area contributed by atoms with Gasteiger partial charge >= 0.3 is 0 Å². The number of hydrogen-bond acceptors (Lipinski definition) is 2. The molecule has 0 spiro atoms. The quantitative estimate of drug-likeness (QED) is 0.875. The minimum Gasteiger partial charge on any atom is -0.496 e. The van der Waals surface area contributed by atoms with Crippen LogP contribution >= 0.6 is 0 Å². The number of rotatable bonds is 3. The predicted octanol–water partition coefficient (Wildman–Crippen LogP) is 2.88. The van der Waals surface area contributed by atoms with E-state index < -0.39 is 0 Å². The summed E-state index contributed by atoms with van der Waals surface area (Å²) in [5.74, 6) is 0.959. The second kappa shape index (κ2) is 3.74. The fraction of sp³-hybridized carbons (Fsp3) is 0.333. The highest BCUT2D eigenvalue weighted by Gasteiger charge is 2.39. The molecule has 0 radical (unpaired) electrons. The maximum atomic E-state index is 6.24. The number of fused-ring (bicyclic) bond motifs is 1. The molecule has 0 unspecified atom stereocenters. The summed E-state index contributed by atoms with van der Waals surface area (Å²) in [6.45, 7) is 0. The Bertz CT molecular complexity index is 558. The molecule has 2 nitrogen and oxygen atoms in total. The van der Waals surface area contributed by atoms with E-state index in [0.29, 0.717) is 0 Å². The highest BCUT2D eigenvalue weighted by molar-refractivity contribution is 5.88. The molecule has 1 fully saturated rings. The summed E-state index contributed by atoms with van der Waals surface area (Å²) < 4.78 is 5.47. The van der Waals surface area contributed by atoms with Gasteiger partial charge in [-0.3, -0.25) is 0 Å². The van der Waals surface area contributed by atoms with E-state index in [2.05, 4.69) is 30.3 Å². The molecule has 0 amide bonds. The fourth-order valence-corrected chi connectivity index (χ4v) is 2.38. The van der Waals surface area contributed by atoms with Crippen molar-refractivity contribution in [1.29, 1.82) is 0 Å². The van der Waals surface area contributed by atoms with E-state index in [1.807, 2.05) is 6.07 Å². The topological polar surface area (TPSA) is 35.2 Å². The van der Waals surface area contributed by atoms with Crippen LogP contribution in [0.15, 0.2) is 36.4 Å². The van der Waals surface area contributed by atoms with Crippen molar-refractivity contribution in [2.45, 2.75) is 24.8 Å². The number of hydrogen-bond donors (Lipinski definition) is 1. The maximum Gasteiger partial charge on any atom is 0.122 e. The zero-order valence-electron chi connectivity index (χ0n) is 10.1. The van der Waals surface area contributed by atoms with Crippen molar-refractivity contribution < 1.29 is 4.74 Å². The largest absolute Gasteiger partial charge is 0.496 e. The first-order valence-corrected chi connectivity index (χ1v) is 6.05. The standard InChI is InChI=1S/C15H17NO/c1-17-14-7-6-11-4-2-3-5-12(11)13(14)10-15(16)8-9-15/h2-7H,8-10,16H2,1H3. The Hall–Kier alpha value is -1.54. The van der Waals surface area contributed by atoms with E-state index in [0.717, 1.165) is 25.0 Å². The van der Waals surface area contributed by atoms with Gasteiger partial charge in [0.15, 0.2) is 0 Å². The van der Waals surface area contributed by atoms with Crippen LogP contribution in [0.1, 0.15) is 18.4 Å². The second-order valence-electron chi connectivity index (χ2n) is 5.01. The summed E-state index contributed by atoms with van der Waals surface area (Å²) in [6, 6.07) is 12.6. The summed E-state index contributed by atoms with van der Waals surface area (Å²) in [6.07, 6.45) is 3.16. The first-order chi connectivity index (χ1) is 8.22. The molecule has 2 heteroatoms. The van der Waals surface area contributed by atoms with Crippen molar-refractivity contribution in [3.05, 3.63) is 42.0 Å². The molecule has 88 valence electrons. The van der Waals surface area contributed by atoms with E-state index in [9.17, 15) is 0 Å². The smallest absolute Gasteiger partial charge is 0.122 e. The minimum absolute atomic E-state index is 0.0113. The van der Waals surface area contributed by atoms with Crippen LogP contribution in [-0.2, 0) is 6.42 Å². The third-order valence-corrected chi connectivity index (χ3v) is 3.64. The van der Waals surface area contributed by atoms with Gasteiger partial charge in [0.05, 0.1) is 7.11 Å². The molecule has 0 aromatic heterocycles. The third-order valence-electron chi connectivity index (χ3n) is 3.64. The molecular formula is C15H17NO. The Balaban J connectivity index is 2.16. The number of ether oxygens (including phenoxy) is 1. The van der Waals surface area contributed by atoms with E-state index in [1.54, 1.807) is 7.11 Å². The van der Waals surface area contributed by atoms with Crippen LogP contribution in [0.4, 0.5) is 0 Å². The van der Waals surface area contributed by atoms with E-state index in [4.69, 9.17) is 10.5 Å². The molecule has 0 bridgehead atoms. The highest BCUT2D eigenvalue weighted by atomic mass is 16.5. The molecule has 2 aromatic rings. The Morgan fingerprint density at radius 3 is 2.65 bits per heavy atom. The molecule has 0 heterocycles. The number of nitrogens with two attached hydrogens (primary N) is 1. The summed E-state index contributed by atoms with van der Waals surface area (Å²) in [4.78, 5) is 0. The molecule has 3 rings (SSSR count). The lowest BCUT2D eigenvalue weighted by Crippen LogP contribution is -2.24. The minimum atomic E-state index is 0.0113. The number of methoxy groups -OCH3 is 1. The molecule has 2 N–H and O–H groups in total. The van der Waals surface area contributed by atoms with Gasteiger partial charge in [-0.25, -0.2) is 0 Å². The van der Waals surface area contributed by atoms with Crippen LogP contribution in [0.3, 0.4) is 0 Å². The molecule has 2 aromatic carbocycles. The van der Waals surface area contributed by atoms with Gasteiger partial charge in [0.25, 0.3) is 0 Å². The van der Waals surface area contributed by atoms with Crippen molar-refractivity contribution in [3.63, 3.8) is 0 Å². The summed E-state index contributed by atoms with van der Waals surface area (Å²) in [7, 11) is 1.73. The Morgan fingerprint density at radius 2 is 1.94 bits per heavy atom. The van der Waals surface area contributed by atoms with Crippen LogP contribution in [0.2, 0.25) is 0 Å². The number of benzene rings is 2. The first-order valence-electron chi connectivity index (χ1n) is 6.05. The molecule has 1 saturated carbocycles. The molecule has 1 aliphatic carbocycles. The van der Waals surface area contributed by atoms with Gasteiger partial charge in [-0.1, -0.05) is 30.3 Å². The third kappa shape index (κ3) is 1.89. The average molecular weight is 227 g/mol. The van der Waals surface area contributed by atoms with Crippen LogP contribution in [0.5, 0.6) is 5.75 Å². The summed E-state index contributed by atoms with van der Waals surface area (Å²) in [5, 5.41) is 2.52. The van der Waals surface area contributed by atoms with E-state index in [-0.39, 0.29) is 5.54 Å². The Kier molecular flexibility index (Phi) is 2.33. The van der Waals surface area contributed by atoms with Gasteiger partial charge in [-0.05, 0) is 36.1 Å². The summed E-state index contributed by atoms with van der Waals surface area (Å²) >= 11 is 0. The van der Waals surface area contributed by atoms with Crippen LogP contribution < -0.4 is 10.5 Å². The monoisotopic (exact) mass is 227 g/mol. The van der Waals surface area contributed by atoms with Crippen LogP contribution in [0.25, 0.3) is 10.8 Å². The van der Waals surface area contributed by atoms with Gasteiger partial charge < -0.3 is 10.5 Å². The van der Waals surface area contributed by atoms with Gasteiger partial charge in [-0.2, -0.15) is 0 Å². The van der Waals surface area contributed by atoms with Gasteiger partial charge in [0.1, 0.15) is 5.75 Å². The van der Waals surface area contributed by atoms with Crippen molar-refractivity contribution in [3.8, 4) is 5.75 Å². The molecule has 0 saturated heterocycles. The lowest BCUT2D eigenvalue weighted by atomic mass is 9.97. The van der Waals surface area contributed by atoms with Crippen molar-refractivity contribution >= 4 is 10.8 Å². The molecule has 17 heavy (non-hydrogen) atoms. The highest BCUT2D eigenvalue weighted by Crippen LogP contribution is 2.40. The lowest BCUT2D eigenvalue weighted by molar-refractivity contribution is 0.408. The van der Waals surface area contributed by atoms with Crippen LogP contribution in [0, 0.1) is 0 Å². The second-order valence-corrected chi connectivity index (χ2v) is 5.01. The van der Waals surface area contributed by atoms with Gasteiger partial charge in [0.2, 0.25) is 0 Å². The zero-order chi connectivity index (χ0) is 11.9.